The van der Waals surface area contributed by atoms with Gasteiger partial charge < -0.3 is 24.9 Å². The maximum absolute atomic E-state index is 13.5. The molecule has 13 heteroatoms. The Bertz CT molecular complexity index is 1960. The first kappa shape index (κ1) is 38.0. The van der Waals surface area contributed by atoms with E-state index >= 15 is 0 Å². The van der Waals surface area contributed by atoms with Crippen molar-refractivity contribution in [2.75, 3.05) is 85.5 Å². The molecule has 12 nitrogen and oxygen atoms in total. The summed E-state index contributed by atoms with van der Waals surface area (Å²) in [5, 5.41) is 15.5. The summed E-state index contributed by atoms with van der Waals surface area (Å²) < 4.78 is 0. The summed E-state index contributed by atoms with van der Waals surface area (Å²) in [7, 11) is 0. The number of imide groups is 1. The fourth-order valence-electron chi connectivity index (χ4n) is 9.60. The van der Waals surface area contributed by atoms with E-state index in [4.69, 9.17) is 11.6 Å². The Balaban J connectivity index is 0.762. The van der Waals surface area contributed by atoms with Gasteiger partial charge in [0.2, 0.25) is 11.8 Å². The highest BCUT2D eigenvalue weighted by atomic mass is 35.5. The number of pyridine rings is 1. The second kappa shape index (κ2) is 16.3. The van der Waals surface area contributed by atoms with Crippen LogP contribution in [0.5, 0.6) is 0 Å². The molecule has 2 atom stereocenters. The number of piperidine rings is 3. The Morgan fingerprint density at radius 1 is 0.929 bits per heavy atom. The van der Waals surface area contributed by atoms with E-state index in [9.17, 15) is 19.6 Å². The number of halogens is 1. The van der Waals surface area contributed by atoms with Gasteiger partial charge in [0, 0.05) is 95.0 Å². The van der Waals surface area contributed by atoms with Crippen molar-refractivity contribution in [3.05, 3.63) is 77.1 Å². The van der Waals surface area contributed by atoms with E-state index < -0.39 is 6.04 Å². The SMILES string of the molecule is C[C@H]1CC2(CCN(c3ccc(C(=O)N4CCC(CN5CCN(c6cccc(N[C@@H]7CCC(=O)NC7=O)c6)CC5)CC4)nc3)CC2)CN1c1ccc(C#N)c(Cl)c1. The predicted octanol–water partition coefficient (Wildman–Crippen LogP) is 5.38. The first-order chi connectivity index (χ1) is 27.1. The smallest absolute Gasteiger partial charge is 0.272 e. The number of carbonyl (C=O) groups is 3. The summed E-state index contributed by atoms with van der Waals surface area (Å²) in [4.78, 5) is 53.7. The fraction of sp³-hybridized carbons (Fsp3) is 0.512. The van der Waals surface area contributed by atoms with Crippen LogP contribution in [0.4, 0.5) is 22.7 Å². The molecule has 2 N–H and O–H groups in total. The summed E-state index contributed by atoms with van der Waals surface area (Å²) in [6.07, 6.45) is 8.08. The fourth-order valence-corrected chi connectivity index (χ4v) is 9.82. The Kier molecular flexibility index (Phi) is 11.1. The average molecular weight is 778 g/mol. The number of nitrogens with zero attached hydrogens (tertiary/aromatic N) is 7. The molecular formula is C43H52ClN9O3. The van der Waals surface area contributed by atoms with Crippen LogP contribution < -0.4 is 25.3 Å². The molecule has 294 valence electrons. The van der Waals surface area contributed by atoms with Gasteiger partial charge >= 0.3 is 0 Å². The third kappa shape index (κ3) is 8.30. The van der Waals surface area contributed by atoms with Gasteiger partial charge in [0.15, 0.2) is 0 Å². The van der Waals surface area contributed by atoms with E-state index in [0.717, 1.165) is 120 Å². The number of rotatable bonds is 8. The first-order valence-corrected chi connectivity index (χ1v) is 20.7. The monoisotopic (exact) mass is 777 g/mol. The third-order valence-corrected chi connectivity index (χ3v) is 13.2. The lowest BCUT2D eigenvalue weighted by Crippen LogP contribution is -2.49. The molecule has 0 bridgehead atoms. The lowest BCUT2D eigenvalue weighted by atomic mass is 9.76. The Morgan fingerprint density at radius 3 is 2.38 bits per heavy atom. The van der Waals surface area contributed by atoms with Crippen molar-refractivity contribution in [1.82, 2.24) is 20.1 Å². The number of anilines is 4. The minimum absolute atomic E-state index is 0.0264. The van der Waals surface area contributed by atoms with Crippen LogP contribution in [-0.2, 0) is 9.59 Å². The quantitative estimate of drug-likeness (QED) is 0.288. The first-order valence-electron chi connectivity index (χ1n) is 20.3. The minimum Gasteiger partial charge on any atom is -0.374 e. The van der Waals surface area contributed by atoms with Crippen LogP contribution >= 0.6 is 11.6 Å². The molecule has 3 aromatic rings. The number of amides is 3. The number of nitriles is 1. The van der Waals surface area contributed by atoms with E-state index in [2.05, 4.69) is 66.4 Å². The molecule has 6 heterocycles. The van der Waals surface area contributed by atoms with Gasteiger partial charge in [-0.25, -0.2) is 4.98 Å². The number of nitrogens with one attached hydrogen (secondary N) is 2. The highest BCUT2D eigenvalue weighted by molar-refractivity contribution is 6.32. The Morgan fingerprint density at radius 2 is 1.68 bits per heavy atom. The van der Waals surface area contributed by atoms with E-state index in [0.29, 0.717) is 41.1 Å². The minimum atomic E-state index is -0.393. The summed E-state index contributed by atoms with van der Waals surface area (Å²) in [6.45, 7) is 11.6. The number of aromatic nitrogens is 1. The molecule has 0 radical (unpaired) electrons. The number of hydrogen-bond donors (Lipinski definition) is 2. The predicted molar refractivity (Wildman–Crippen MR) is 219 cm³/mol. The second-order valence-electron chi connectivity index (χ2n) is 16.6. The molecule has 8 rings (SSSR count). The number of benzene rings is 2. The van der Waals surface area contributed by atoms with Crippen LogP contribution in [0.2, 0.25) is 5.02 Å². The molecule has 5 aliphatic heterocycles. The molecular weight excluding hydrogens is 726 g/mol. The van der Waals surface area contributed by atoms with Gasteiger partial charge in [0.1, 0.15) is 17.8 Å². The summed E-state index contributed by atoms with van der Waals surface area (Å²) >= 11 is 6.38. The largest absolute Gasteiger partial charge is 0.374 e. The van der Waals surface area contributed by atoms with E-state index in [1.807, 2.05) is 47.5 Å². The lowest BCUT2D eigenvalue weighted by Gasteiger charge is -2.40. The van der Waals surface area contributed by atoms with Crippen molar-refractivity contribution in [3.8, 4) is 6.07 Å². The van der Waals surface area contributed by atoms with Gasteiger partial charge in [-0.2, -0.15) is 5.26 Å². The summed E-state index contributed by atoms with van der Waals surface area (Å²) in [5.74, 6) is 0.131. The standard InChI is InChI=1S/C43H52ClN9O3/c1-30-25-43(29-53(30)35-6-5-32(26-45)37(44)24-35)13-17-50(18-14-43)36-7-8-39(46-27-36)42(56)52-15-11-31(12-16-52)28-49-19-21-51(22-20-49)34-4-2-3-33(23-34)47-38-9-10-40(54)48-41(38)55/h2-8,23-24,27,30-31,38,47H,9-22,25,28-29H2,1H3,(H,48,54,55)/t30-,38+/m0/s1. The van der Waals surface area contributed by atoms with Crippen molar-refractivity contribution in [2.45, 2.75) is 64.0 Å². The molecule has 1 aromatic heterocycles. The van der Waals surface area contributed by atoms with Gasteiger partial charge in [-0.15, -0.1) is 0 Å². The van der Waals surface area contributed by atoms with Crippen LogP contribution in [0, 0.1) is 22.7 Å². The topological polar surface area (TPSA) is 128 Å². The van der Waals surface area contributed by atoms with Crippen LogP contribution in [0.25, 0.3) is 0 Å². The average Bonchev–Trinajstić information content (AvgIpc) is 3.54. The molecule has 1 spiro atoms. The second-order valence-corrected chi connectivity index (χ2v) is 17.0. The highest BCUT2D eigenvalue weighted by Crippen LogP contribution is 2.46. The van der Waals surface area contributed by atoms with E-state index in [1.165, 1.54) is 0 Å². The number of carbonyl (C=O) groups excluding carboxylic acids is 3. The molecule has 0 saturated carbocycles. The van der Waals surface area contributed by atoms with Gasteiger partial charge in [0.05, 0.1) is 22.5 Å². The zero-order valence-corrected chi connectivity index (χ0v) is 33.0. The number of piperazine rings is 1. The van der Waals surface area contributed by atoms with E-state index in [-0.39, 0.29) is 23.1 Å². The van der Waals surface area contributed by atoms with Crippen LogP contribution in [0.3, 0.4) is 0 Å². The highest BCUT2D eigenvalue weighted by Gasteiger charge is 2.44. The zero-order valence-electron chi connectivity index (χ0n) is 32.3. The van der Waals surface area contributed by atoms with Crippen molar-refractivity contribution >= 4 is 52.1 Å². The van der Waals surface area contributed by atoms with Crippen molar-refractivity contribution in [3.63, 3.8) is 0 Å². The molecule has 5 saturated heterocycles. The third-order valence-electron chi connectivity index (χ3n) is 12.9. The maximum Gasteiger partial charge on any atom is 0.272 e. The van der Waals surface area contributed by atoms with Crippen LogP contribution in [-0.4, -0.2) is 110 Å². The Labute approximate surface area is 334 Å². The molecule has 0 unspecified atom stereocenters. The van der Waals surface area contributed by atoms with E-state index in [1.54, 1.807) is 0 Å². The van der Waals surface area contributed by atoms with Gasteiger partial charge in [-0.05, 0) is 105 Å². The molecule has 0 aliphatic carbocycles. The molecule has 3 amide bonds. The molecule has 5 aliphatic rings. The lowest BCUT2D eigenvalue weighted by molar-refractivity contribution is -0.133. The van der Waals surface area contributed by atoms with Crippen molar-refractivity contribution in [1.29, 1.82) is 5.26 Å². The molecule has 56 heavy (non-hydrogen) atoms. The normalized spacial score (nSPS) is 23.3. The number of hydrogen-bond acceptors (Lipinski definition) is 10. The van der Waals surface area contributed by atoms with Crippen LogP contribution in [0.15, 0.2) is 60.8 Å². The van der Waals surface area contributed by atoms with Crippen molar-refractivity contribution < 1.29 is 14.4 Å². The molecule has 2 aromatic carbocycles. The summed E-state index contributed by atoms with van der Waals surface area (Å²) in [6, 6.07) is 20.1. The zero-order chi connectivity index (χ0) is 38.8. The van der Waals surface area contributed by atoms with Gasteiger partial charge in [-0.3, -0.25) is 24.6 Å². The molecule has 5 fully saturated rings. The Hall–Kier alpha value is -4.86. The van der Waals surface area contributed by atoms with Gasteiger partial charge in [0.25, 0.3) is 5.91 Å². The van der Waals surface area contributed by atoms with Crippen molar-refractivity contribution in [2.24, 2.45) is 11.3 Å². The summed E-state index contributed by atoms with van der Waals surface area (Å²) in [5.41, 5.74) is 5.49. The van der Waals surface area contributed by atoms with Crippen LogP contribution in [0.1, 0.15) is 67.9 Å². The number of likely N-dealkylation sites (tertiary alicyclic amines) is 1. The van der Waals surface area contributed by atoms with Gasteiger partial charge in [-0.1, -0.05) is 17.7 Å². The maximum atomic E-state index is 13.5.